The molecule has 0 bridgehead atoms. The van der Waals surface area contributed by atoms with Crippen molar-refractivity contribution >= 4 is 0 Å². The first kappa shape index (κ1) is 14.0. The van der Waals surface area contributed by atoms with Crippen molar-refractivity contribution in [3.8, 4) is 0 Å². The second kappa shape index (κ2) is 4.32. The minimum Gasteiger partial charge on any atom is -0.390 e. The summed E-state index contributed by atoms with van der Waals surface area (Å²) in [6, 6.07) is 0. The highest BCUT2D eigenvalue weighted by atomic mass is 16.3. The summed E-state index contributed by atoms with van der Waals surface area (Å²) in [6.07, 6.45) is 1.35. The van der Waals surface area contributed by atoms with Gasteiger partial charge in [-0.1, -0.05) is 20.4 Å². The number of rotatable bonds is 1. The van der Waals surface area contributed by atoms with Gasteiger partial charge in [0.1, 0.15) is 0 Å². The summed E-state index contributed by atoms with van der Waals surface area (Å²) in [5.41, 5.74) is -0.253. The molecule has 0 aromatic heterocycles. The SMILES string of the molecule is C=C(C)C1(O)CCC2(C)C(O)C(O)CC(C)C2C1. The first-order valence-electron chi connectivity index (χ1n) is 6.95. The maximum Gasteiger partial charge on any atom is 0.0855 e. The van der Waals surface area contributed by atoms with Gasteiger partial charge >= 0.3 is 0 Å². The number of hydrogen-bond acceptors (Lipinski definition) is 3. The lowest BCUT2D eigenvalue weighted by Crippen LogP contribution is -2.58. The molecule has 3 nitrogen and oxygen atoms in total. The van der Waals surface area contributed by atoms with Gasteiger partial charge < -0.3 is 15.3 Å². The zero-order valence-electron chi connectivity index (χ0n) is 11.7. The maximum absolute atomic E-state index is 10.6. The molecule has 0 aromatic rings. The molecule has 6 atom stereocenters. The summed E-state index contributed by atoms with van der Waals surface area (Å²) in [5, 5.41) is 30.9. The summed E-state index contributed by atoms with van der Waals surface area (Å²) >= 11 is 0. The molecule has 0 aromatic carbocycles. The van der Waals surface area contributed by atoms with E-state index >= 15 is 0 Å². The van der Waals surface area contributed by atoms with Gasteiger partial charge in [-0.2, -0.15) is 0 Å². The number of fused-ring (bicyclic) bond motifs is 1. The van der Waals surface area contributed by atoms with Crippen molar-refractivity contribution in [2.75, 3.05) is 0 Å². The molecule has 0 spiro atoms. The molecule has 2 aliphatic rings. The molecule has 2 fully saturated rings. The molecule has 0 aliphatic heterocycles. The zero-order chi connectivity index (χ0) is 13.7. The minimum atomic E-state index is -0.791. The Hall–Kier alpha value is -0.380. The van der Waals surface area contributed by atoms with Crippen LogP contribution in [0.3, 0.4) is 0 Å². The van der Waals surface area contributed by atoms with E-state index in [1.165, 1.54) is 0 Å². The summed E-state index contributed by atoms with van der Waals surface area (Å²) in [7, 11) is 0. The van der Waals surface area contributed by atoms with E-state index in [0.29, 0.717) is 25.2 Å². The molecule has 3 N–H and O–H groups in total. The van der Waals surface area contributed by atoms with Crippen LogP contribution in [-0.2, 0) is 0 Å². The largest absolute Gasteiger partial charge is 0.390 e. The average Bonchev–Trinajstić information content (AvgIpc) is 2.29. The van der Waals surface area contributed by atoms with Crippen molar-refractivity contribution in [3.05, 3.63) is 12.2 Å². The Kier molecular flexibility index (Phi) is 3.37. The van der Waals surface area contributed by atoms with Crippen molar-refractivity contribution in [3.63, 3.8) is 0 Å². The van der Waals surface area contributed by atoms with Gasteiger partial charge in [0, 0.05) is 0 Å². The molecule has 0 saturated heterocycles. The van der Waals surface area contributed by atoms with Gasteiger partial charge in [-0.05, 0) is 55.4 Å². The molecule has 104 valence electrons. The number of hydrogen-bond donors (Lipinski definition) is 3. The summed E-state index contributed by atoms with van der Waals surface area (Å²) in [6.45, 7) is 9.95. The van der Waals surface area contributed by atoms with E-state index < -0.39 is 17.8 Å². The Morgan fingerprint density at radius 1 is 1.28 bits per heavy atom. The van der Waals surface area contributed by atoms with Gasteiger partial charge in [-0.3, -0.25) is 0 Å². The highest BCUT2D eigenvalue weighted by molar-refractivity contribution is 5.16. The predicted molar refractivity (Wildman–Crippen MR) is 71.0 cm³/mol. The lowest BCUT2D eigenvalue weighted by atomic mass is 9.52. The lowest BCUT2D eigenvalue weighted by Gasteiger charge is -2.56. The Morgan fingerprint density at radius 3 is 2.44 bits per heavy atom. The fourth-order valence-electron chi connectivity index (χ4n) is 4.08. The van der Waals surface area contributed by atoms with E-state index in [9.17, 15) is 15.3 Å². The first-order chi connectivity index (χ1) is 8.20. The van der Waals surface area contributed by atoms with Crippen molar-refractivity contribution in [2.45, 2.75) is 64.3 Å². The smallest absolute Gasteiger partial charge is 0.0855 e. The van der Waals surface area contributed by atoms with E-state index in [1.807, 2.05) is 6.92 Å². The number of aliphatic hydroxyl groups is 3. The van der Waals surface area contributed by atoms with E-state index in [0.717, 1.165) is 12.0 Å². The Morgan fingerprint density at radius 2 is 1.89 bits per heavy atom. The fourth-order valence-corrected chi connectivity index (χ4v) is 4.08. The van der Waals surface area contributed by atoms with Crippen molar-refractivity contribution < 1.29 is 15.3 Å². The molecular formula is C15H26O3. The van der Waals surface area contributed by atoms with E-state index in [1.54, 1.807) is 0 Å². The van der Waals surface area contributed by atoms with Gasteiger partial charge in [0.15, 0.2) is 0 Å². The predicted octanol–water partition coefficient (Wildman–Crippen LogP) is 1.86. The van der Waals surface area contributed by atoms with Crippen LogP contribution in [0.4, 0.5) is 0 Å². The van der Waals surface area contributed by atoms with Crippen LogP contribution in [0.15, 0.2) is 12.2 Å². The van der Waals surface area contributed by atoms with E-state index in [4.69, 9.17) is 0 Å². The monoisotopic (exact) mass is 254 g/mol. The van der Waals surface area contributed by atoms with Crippen LogP contribution in [0.25, 0.3) is 0 Å². The minimum absolute atomic E-state index is 0.242. The van der Waals surface area contributed by atoms with Crippen molar-refractivity contribution in [2.24, 2.45) is 17.3 Å². The van der Waals surface area contributed by atoms with Crippen LogP contribution in [0.1, 0.15) is 46.5 Å². The van der Waals surface area contributed by atoms with Crippen LogP contribution in [0.2, 0.25) is 0 Å². The molecular weight excluding hydrogens is 228 g/mol. The molecule has 2 aliphatic carbocycles. The molecule has 6 unspecified atom stereocenters. The third kappa shape index (κ3) is 1.93. The Labute approximate surface area is 110 Å². The Bertz CT molecular complexity index is 354. The molecule has 3 heteroatoms. The second-order valence-corrected chi connectivity index (χ2v) is 6.85. The molecule has 18 heavy (non-hydrogen) atoms. The lowest BCUT2D eigenvalue weighted by molar-refractivity contribution is -0.176. The van der Waals surface area contributed by atoms with Crippen LogP contribution >= 0.6 is 0 Å². The van der Waals surface area contributed by atoms with Crippen molar-refractivity contribution in [1.82, 2.24) is 0 Å². The molecule has 2 saturated carbocycles. The third-order valence-electron chi connectivity index (χ3n) is 5.62. The molecule has 0 heterocycles. The van der Waals surface area contributed by atoms with Gasteiger partial charge in [-0.15, -0.1) is 0 Å². The molecule has 0 amide bonds. The topological polar surface area (TPSA) is 60.7 Å². The average molecular weight is 254 g/mol. The highest BCUT2D eigenvalue weighted by Crippen LogP contribution is 2.55. The number of aliphatic hydroxyl groups excluding tert-OH is 2. The second-order valence-electron chi connectivity index (χ2n) is 6.85. The van der Waals surface area contributed by atoms with Gasteiger partial charge in [-0.25, -0.2) is 0 Å². The normalized spacial score (nSPS) is 52.8. The van der Waals surface area contributed by atoms with Gasteiger partial charge in [0.05, 0.1) is 17.8 Å². The fraction of sp³-hybridized carbons (Fsp3) is 0.867. The molecule has 2 rings (SSSR count). The van der Waals surface area contributed by atoms with Crippen LogP contribution in [0, 0.1) is 17.3 Å². The van der Waals surface area contributed by atoms with Crippen LogP contribution < -0.4 is 0 Å². The summed E-state index contributed by atoms with van der Waals surface area (Å²) in [5.74, 6) is 0.561. The highest BCUT2D eigenvalue weighted by Gasteiger charge is 2.55. The third-order valence-corrected chi connectivity index (χ3v) is 5.62. The Balaban J connectivity index is 2.29. The van der Waals surface area contributed by atoms with Gasteiger partial charge in [0.2, 0.25) is 0 Å². The molecule has 0 radical (unpaired) electrons. The quantitative estimate of drug-likeness (QED) is 0.626. The zero-order valence-corrected chi connectivity index (χ0v) is 11.7. The summed E-state index contributed by atoms with van der Waals surface area (Å²) < 4.78 is 0. The summed E-state index contributed by atoms with van der Waals surface area (Å²) in [4.78, 5) is 0. The van der Waals surface area contributed by atoms with Crippen LogP contribution in [-0.4, -0.2) is 33.1 Å². The van der Waals surface area contributed by atoms with Gasteiger partial charge in [0.25, 0.3) is 0 Å². The maximum atomic E-state index is 10.6. The standard InChI is InChI=1S/C15H26O3/c1-9(2)15(18)6-5-14(4)11(8-15)10(3)7-12(16)13(14)17/h10-13,16-18H,1,5-8H2,2-4H3. The van der Waals surface area contributed by atoms with E-state index in [-0.39, 0.29) is 11.3 Å². The van der Waals surface area contributed by atoms with E-state index in [2.05, 4.69) is 20.4 Å². The van der Waals surface area contributed by atoms with Crippen LogP contribution in [0.5, 0.6) is 0 Å². The first-order valence-corrected chi connectivity index (χ1v) is 6.95. The van der Waals surface area contributed by atoms with Crippen molar-refractivity contribution in [1.29, 1.82) is 0 Å².